The number of nitrogens with zero attached hydrogens (tertiary/aromatic N) is 4. The fourth-order valence-electron chi connectivity index (χ4n) is 5.10. The molecule has 2 aromatic carbocycles. The van der Waals surface area contributed by atoms with Crippen LogP contribution in [0.2, 0.25) is 0 Å². The van der Waals surface area contributed by atoms with E-state index < -0.39 is 0 Å². The van der Waals surface area contributed by atoms with Gasteiger partial charge in [0.25, 0.3) is 5.56 Å². The lowest BCUT2D eigenvalue weighted by molar-refractivity contribution is 0.214. The summed E-state index contributed by atoms with van der Waals surface area (Å²) in [5, 5.41) is 14.7. The summed E-state index contributed by atoms with van der Waals surface area (Å²) < 4.78 is 8.83. The van der Waals surface area contributed by atoms with Crippen LogP contribution >= 0.6 is 11.3 Å². The number of thiophene rings is 1. The standard InChI is InChI=1S/C30H27N5O2S/c1-19(35-28(36)8-6-25-26-13-21(15-31)5-7-27(26)38-30(25)35)22-3-2-4-23(14-22)29-33-16-24(17-34-29)37-18-20-9-11-32-12-10-20/h2-8,13-14,16-17,19-20,32H,9-12,18H2,1H3/t19-/m0/s1. The molecule has 0 spiro atoms. The second-order valence-corrected chi connectivity index (χ2v) is 10.8. The fourth-order valence-corrected chi connectivity index (χ4v) is 6.36. The van der Waals surface area contributed by atoms with Crippen LogP contribution in [0.25, 0.3) is 31.7 Å². The van der Waals surface area contributed by atoms with Gasteiger partial charge in [0.1, 0.15) is 4.83 Å². The van der Waals surface area contributed by atoms with E-state index in [0.29, 0.717) is 29.7 Å². The van der Waals surface area contributed by atoms with Gasteiger partial charge in [-0.1, -0.05) is 18.2 Å². The maximum absolute atomic E-state index is 13.1. The molecule has 1 N–H and O–H groups in total. The Morgan fingerprint density at radius 3 is 2.71 bits per heavy atom. The third-order valence-electron chi connectivity index (χ3n) is 7.27. The molecule has 1 aliphatic rings. The molecule has 0 saturated carbocycles. The highest BCUT2D eigenvalue weighted by Crippen LogP contribution is 2.36. The quantitative estimate of drug-likeness (QED) is 0.316. The Labute approximate surface area is 224 Å². The van der Waals surface area contributed by atoms with Gasteiger partial charge in [-0.15, -0.1) is 11.3 Å². The monoisotopic (exact) mass is 521 g/mol. The van der Waals surface area contributed by atoms with Crippen LogP contribution in [0.5, 0.6) is 5.75 Å². The van der Waals surface area contributed by atoms with Crippen molar-refractivity contribution in [3.05, 3.63) is 88.5 Å². The smallest absolute Gasteiger partial charge is 0.252 e. The van der Waals surface area contributed by atoms with Gasteiger partial charge in [0, 0.05) is 27.1 Å². The molecule has 1 fully saturated rings. The summed E-state index contributed by atoms with van der Waals surface area (Å²) in [5.41, 5.74) is 2.42. The highest BCUT2D eigenvalue weighted by Gasteiger charge is 2.18. The van der Waals surface area contributed by atoms with Crippen LogP contribution in [-0.2, 0) is 0 Å². The van der Waals surface area contributed by atoms with E-state index in [2.05, 4.69) is 21.4 Å². The number of hydrogen-bond acceptors (Lipinski definition) is 7. The van der Waals surface area contributed by atoms with Crippen LogP contribution in [0.4, 0.5) is 0 Å². The molecule has 190 valence electrons. The maximum atomic E-state index is 13.1. The molecular weight excluding hydrogens is 494 g/mol. The van der Waals surface area contributed by atoms with E-state index in [4.69, 9.17) is 4.74 Å². The van der Waals surface area contributed by atoms with Crippen LogP contribution in [0.3, 0.4) is 0 Å². The number of benzene rings is 2. The average Bonchev–Trinajstić information content (AvgIpc) is 3.34. The molecule has 1 aliphatic heterocycles. The molecule has 3 aromatic heterocycles. The Kier molecular flexibility index (Phi) is 6.62. The Bertz CT molecular complexity index is 1710. The predicted octanol–water partition coefficient (Wildman–Crippen LogP) is 5.53. The third-order valence-corrected chi connectivity index (χ3v) is 8.46. The van der Waals surface area contributed by atoms with Crippen molar-refractivity contribution < 1.29 is 4.74 Å². The second kappa shape index (κ2) is 10.4. The van der Waals surface area contributed by atoms with Crippen molar-refractivity contribution >= 4 is 31.6 Å². The third kappa shape index (κ3) is 4.67. The first-order valence-corrected chi connectivity index (χ1v) is 13.7. The van der Waals surface area contributed by atoms with Crippen molar-refractivity contribution in [1.82, 2.24) is 19.9 Å². The lowest BCUT2D eigenvalue weighted by atomic mass is 9.99. The molecule has 0 aliphatic carbocycles. The Morgan fingerprint density at radius 1 is 1.11 bits per heavy atom. The maximum Gasteiger partial charge on any atom is 0.252 e. The van der Waals surface area contributed by atoms with Crippen LogP contribution in [0.15, 0.2) is 71.8 Å². The minimum atomic E-state index is -0.206. The van der Waals surface area contributed by atoms with Gasteiger partial charge in [-0.3, -0.25) is 9.36 Å². The predicted molar refractivity (Wildman–Crippen MR) is 151 cm³/mol. The van der Waals surface area contributed by atoms with Crippen molar-refractivity contribution in [2.75, 3.05) is 19.7 Å². The highest BCUT2D eigenvalue weighted by molar-refractivity contribution is 7.25. The molecule has 0 radical (unpaired) electrons. The number of ether oxygens (including phenoxy) is 1. The molecule has 6 rings (SSSR count). The first-order chi connectivity index (χ1) is 18.6. The lowest BCUT2D eigenvalue weighted by Crippen LogP contribution is -2.30. The normalized spacial score (nSPS) is 14.9. The number of rotatable bonds is 6. The van der Waals surface area contributed by atoms with Crippen LogP contribution < -0.4 is 15.6 Å². The van der Waals surface area contributed by atoms with Gasteiger partial charge in [-0.25, -0.2) is 9.97 Å². The molecule has 0 bridgehead atoms. The van der Waals surface area contributed by atoms with Gasteiger partial charge in [0.2, 0.25) is 0 Å². The molecule has 5 aromatic rings. The molecule has 7 nitrogen and oxygen atoms in total. The summed E-state index contributed by atoms with van der Waals surface area (Å²) in [6.07, 6.45) is 5.72. The van der Waals surface area contributed by atoms with E-state index in [0.717, 1.165) is 57.4 Å². The SMILES string of the molecule is C[C@@H](c1cccc(-c2ncc(OCC3CCNCC3)cn2)c1)n1c(=O)ccc2c3cc(C#N)ccc3sc21. The van der Waals surface area contributed by atoms with E-state index in [1.165, 1.54) is 0 Å². The molecule has 0 amide bonds. The lowest BCUT2D eigenvalue weighted by Gasteiger charge is -2.22. The summed E-state index contributed by atoms with van der Waals surface area (Å²) >= 11 is 1.57. The van der Waals surface area contributed by atoms with Gasteiger partial charge in [-0.2, -0.15) is 5.26 Å². The molecular formula is C30H27N5O2S. The highest BCUT2D eigenvalue weighted by atomic mass is 32.1. The van der Waals surface area contributed by atoms with E-state index in [1.807, 2.05) is 60.0 Å². The first kappa shape index (κ1) is 24.3. The fraction of sp³-hybridized carbons (Fsp3) is 0.267. The Morgan fingerprint density at radius 2 is 1.92 bits per heavy atom. The Balaban J connectivity index is 1.28. The summed E-state index contributed by atoms with van der Waals surface area (Å²) in [5.74, 6) is 1.86. The van der Waals surface area contributed by atoms with Gasteiger partial charge < -0.3 is 10.1 Å². The summed E-state index contributed by atoms with van der Waals surface area (Å²) in [7, 11) is 0. The van der Waals surface area contributed by atoms with Crippen molar-refractivity contribution in [2.45, 2.75) is 25.8 Å². The number of piperidine rings is 1. The van der Waals surface area contributed by atoms with Crippen LogP contribution in [-0.4, -0.2) is 34.2 Å². The topological polar surface area (TPSA) is 92.8 Å². The van der Waals surface area contributed by atoms with Crippen LogP contribution in [0, 0.1) is 17.2 Å². The van der Waals surface area contributed by atoms with Gasteiger partial charge in [-0.05, 0) is 74.7 Å². The van der Waals surface area contributed by atoms with Gasteiger partial charge >= 0.3 is 0 Å². The van der Waals surface area contributed by atoms with E-state index in [-0.39, 0.29) is 11.6 Å². The van der Waals surface area contributed by atoms with Crippen molar-refractivity contribution in [3.8, 4) is 23.2 Å². The Hall–Kier alpha value is -4.06. The van der Waals surface area contributed by atoms with Crippen molar-refractivity contribution in [3.63, 3.8) is 0 Å². The van der Waals surface area contributed by atoms with Gasteiger partial charge in [0.15, 0.2) is 11.6 Å². The van der Waals surface area contributed by atoms with Crippen molar-refractivity contribution in [2.24, 2.45) is 5.92 Å². The molecule has 4 heterocycles. The molecule has 8 heteroatoms. The van der Waals surface area contributed by atoms with E-state index in [9.17, 15) is 10.1 Å². The van der Waals surface area contributed by atoms with E-state index >= 15 is 0 Å². The van der Waals surface area contributed by atoms with Gasteiger partial charge in [0.05, 0.1) is 36.7 Å². The second-order valence-electron chi connectivity index (χ2n) is 9.73. The molecule has 1 atom stereocenters. The van der Waals surface area contributed by atoms with Crippen molar-refractivity contribution in [1.29, 1.82) is 5.26 Å². The number of aromatic nitrogens is 3. The zero-order valence-electron chi connectivity index (χ0n) is 21.1. The van der Waals surface area contributed by atoms with E-state index in [1.54, 1.807) is 29.8 Å². The molecule has 38 heavy (non-hydrogen) atoms. The molecule has 1 saturated heterocycles. The number of nitrogens with one attached hydrogen (secondary N) is 1. The first-order valence-electron chi connectivity index (χ1n) is 12.8. The zero-order chi connectivity index (χ0) is 26.1. The largest absolute Gasteiger partial charge is 0.490 e. The summed E-state index contributed by atoms with van der Waals surface area (Å²) in [4.78, 5) is 23.1. The number of nitriles is 1. The zero-order valence-corrected chi connectivity index (χ0v) is 21.9. The number of fused-ring (bicyclic) bond motifs is 3. The average molecular weight is 522 g/mol. The van der Waals surface area contributed by atoms with Crippen LogP contribution in [0.1, 0.15) is 36.9 Å². The minimum Gasteiger partial charge on any atom is -0.490 e. The summed E-state index contributed by atoms with van der Waals surface area (Å²) in [6, 6.07) is 19.2. The number of hydrogen-bond donors (Lipinski definition) is 1. The minimum absolute atomic E-state index is 0.0611. The summed E-state index contributed by atoms with van der Waals surface area (Å²) in [6.45, 7) is 4.81. The number of pyridine rings is 1. The molecule has 0 unspecified atom stereocenters.